The van der Waals surface area contributed by atoms with Gasteiger partial charge in [0.05, 0.1) is 0 Å². The second kappa shape index (κ2) is 7.58. The minimum Gasteiger partial charge on any atom is -0.505 e. The number of halogens is 1. The van der Waals surface area contributed by atoms with Crippen LogP contribution >= 0.6 is 0 Å². The number of amides is 2. The molecule has 2 amide bonds. The molecule has 0 aliphatic rings. The molecular formula is C13H19FN2O3. The topological polar surface area (TPSA) is 81.6 Å². The van der Waals surface area contributed by atoms with Gasteiger partial charge in [-0.25, -0.2) is 9.18 Å². The zero-order valence-corrected chi connectivity index (χ0v) is 10.8. The van der Waals surface area contributed by atoms with Crippen molar-refractivity contribution < 1.29 is 19.4 Å². The number of carbonyl (C=O) groups excluding carboxylic acids is 1. The first-order chi connectivity index (χ1) is 9.02. The van der Waals surface area contributed by atoms with Crippen LogP contribution in [0.1, 0.15) is 18.9 Å². The van der Waals surface area contributed by atoms with E-state index in [0.717, 1.165) is 0 Å². The number of phenols is 1. The number of aliphatic hydroxyl groups is 1. The number of aliphatic hydroxyl groups excluding tert-OH is 1. The molecule has 1 unspecified atom stereocenters. The normalized spacial score (nSPS) is 11.9. The first-order valence-electron chi connectivity index (χ1n) is 6.13. The summed E-state index contributed by atoms with van der Waals surface area (Å²) in [7, 11) is 0. The van der Waals surface area contributed by atoms with Crippen molar-refractivity contribution in [3.8, 4) is 5.75 Å². The van der Waals surface area contributed by atoms with Gasteiger partial charge in [-0.15, -0.1) is 0 Å². The van der Waals surface area contributed by atoms with Crippen molar-refractivity contribution >= 4 is 6.03 Å². The third-order valence-corrected chi connectivity index (χ3v) is 2.70. The lowest BCUT2D eigenvalue weighted by atomic mass is 10.1. The molecule has 6 heteroatoms. The van der Waals surface area contributed by atoms with Gasteiger partial charge >= 0.3 is 6.03 Å². The molecule has 1 aromatic rings. The summed E-state index contributed by atoms with van der Waals surface area (Å²) in [4.78, 5) is 11.4. The van der Waals surface area contributed by atoms with E-state index in [4.69, 9.17) is 10.2 Å². The molecule has 0 aromatic heterocycles. The third kappa shape index (κ3) is 5.56. The molecule has 0 saturated heterocycles. The monoisotopic (exact) mass is 270 g/mol. The molecule has 0 aliphatic heterocycles. The molecule has 5 nitrogen and oxygen atoms in total. The van der Waals surface area contributed by atoms with Crippen LogP contribution in [0, 0.1) is 11.7 Å². The fourth-order valence-electron chi connectivity index (χ4n) is 1.49. The van der Waals surface area contributed by atoms with Crippen molar-refractivity contribution in [2.24, 2.45) is 5.92 Å². The zero-order chi connectivity index (χ0) is 14.3. The molecule has 19 heavy (non-hydrogen) atoms. The van der Waals surface area contributed by atoms with Crippen molar-refractivity contribution in [3.63, 3.8) is 0 Å². The Labute approximate surface area is 111 Å². The van der Waals surface area contributed by atoms with Crippen LogP contribution in [-0.4, -0.2) is 29.4 Å². The number of hydrogen-bond donors (Lipinski definition) is 4. The van der Waals surface area contributed by atoms with Crippen molar-refractivity contribution in [1.82, 2.24) is 10.6 Å². The highest BCUT2D eigenvalue weighted by Crippen LogP contribution is 2.15. The van der Waals surface area contributed by atoms with Crippen LogP contribution in [0.15, 0.2) is 18.2 Å². The van der Waals surface area contributed by atoms with Gasteiger partial charge in [-0.3, -0.25) is 0 Å². The number of benzene rings is 1. The van der Waals surface area contributed by atoms with Gasteiger partial charge in [0, 0.05) is 19.7 Å². The van der Waals surface area contributed by atoms with Crippen LogP contribution in [0.3, 0.4) is 0 Å². The number of rotatable bonds is 6. The van der Waals surface area contributed by atoms with E-state index < -0.39 is 11.6 Å². The summed E-state index contributed by atoms with van der Waals surface area (Å²) in [5.41, 5.74) is 0.564. The lowest BCUT2D eigenvalue weighted by molar-refractivity contribution is 0.233. The van der Waals surface area contributed by atoms with Gasteiger partial charge in [0.2, 0.25) is 0 Å². The first-order valence-corrected chi connectivity index (χ1v) is 6.13. The fraction of sp³-hybridized carbons (Fsp3) is 0.462. The quantitative estimate of drug-likeness (QED) is 0.630. The second-order valence-electron chi connectivity index (χ2n) is 4.47. The molecule has 1 rings (SSSR count). The van der Waals surface area contributed by atoms with E-state index in [1.165, 1.54) is 18.2 Å². The largest absolute Gasteiger partial charge is 0.505 e. The molecule has 0 fully saturated rings. The highest BCUT2D eigenvalue weighted by atomic mass is 19.1. The molecule has 1 aromatic carbocycles. The highest BCUT2D eigenvalue weighted by molar-refractivity contribution is 5.73. The van der Waals surface area contributed by atoms with Crippen LogP contribution in [0.25, 0.3) is 0 Å². The van der Waals surface area contributed by atoms with E-state index in [2.05, 4.69) is 10.6 Å². The molecule has 0 saturated carbocycles. The average molecular weight is 270 g/mol. The standard InChI is InChI=1S/C13H19FN2O3/c1-9(4-5-17)7-15-13(19)16-8-10-2-3-12(18)11(14)6-10/h2-3,6,9,17-18H,4-5,7-8H2,1H3,(H2,15,16,19). The highest BCUT2D eigenvalue weighted by Gasteiger charge is 2.06. The maximum absolute atomic E-state index is 13.0. The number of phenolic OH excluding ortho intramolecular Hbond substituents is 1. The summed E-state index contributed by atoms with van der Waals surface area (Å²) >= 11 is 0. The van der Waals surface area contributed by atoms with E-state index in [1.54, 1.807) is 0 Å². The van der Waals surface area contributed by atoms with Crippen molar-refractivity contribution in [2.45, 2.75) is 19.9 Å². The lowest BCUT2D eigenvalue weighted by Crippen LogP contribution is -2.37. The molecule has 0 spiro atoms. The first kappa shape index (κ1) is 15.2. The van der Waals surface area contributed by atoms with Crippen molar-refractivity contribution in [1.29, 1.82) is 0 Å². The second-order valence-corrected chi connectivity index (χ2v) is 4.47. The van der Waals surface area contributed by atoms with Gasteiger partial charge in [0.15, 0.2) is 11.6 Å². The predicted octanol–water partition coefficient (Wildman–Crippen LogP) is 1.35. The summed E-state index contributed by atoms with van der Waals surface area (Å²) < 4.78 is 13.0. The average Bonchev–Trinajstić information content (AvgIpc) is 2.38. The van der Waals surface area contributed by atoms with Crippen LogP contribution in [-0.2, 0) is 6.54 Å². The van der Waals surface area contributed by atoms with Crippen LogP contribution in [0.4, 0.5) is 9.18 Å². The van der Waals surface area contributed by atoms with Gasteiger partial charge in [-0.2, -0.15) is 0 Å². The Morgan fingerprint density at radius 1 is 1.42 bits per heavy atom. The number of aromatic hydroxyl groups is 1. The summed E-state index contributed by atoms with van der Waals surface area (Å²) in [6.45, 7) is 2.66. The SMILES string of the molecule is CC(CCO)CNC(=O)NCc1ccc(O)c(F)c1. The minimum absolute atomic E-state index is 0.0945. The number of urea groups is 1. The van der Waals surface area contributed by atoms with E-state index in [-0.39, 0.29) is 25.1 Å². The molecule has 0 bridgehead atoms. The Bertz CT molecular complexity index is 426. The number of hydrogen-bond acceptors (Lipinski definition) is 3. The minimum atomic E-state index is -0.712. The van der Waals surface area contributed by atoms with E-state index in [9.17, 15) is 9.18 Å². The third-order valence-electron chi connectivity index (χ3n) is 2.70. The Kier molecular flexibility index (Phi) is 6.08. The fourth-order valence-corrected chi connectivity index (χ4v) is 1.49. The Morgan fingerprint density at radius 2 is 2.16 bits per heavy atom. The summed E-state index contributed by atoms with van der Waals surface area (Å²) in [6, 6.07) is 3.60. The zero-order valence-electron chi connectivity index (χ0n) is 10.8. The molecular weight excluding hydrogens is 251 g/mol. The van der Waals surface area contributed by atoms with Crippen LogP contribution in [0.5, 0.6) is 5.75 Å². The molecule has 106 valence electrons. The van der Waals surface area contributed by atoms with Gasteiger partial charge in [-0.1, -0.05) is 13.0 Å². The van der Waals surface area contributed by atoms with Crippen LogP contribution < -0.4 is 10.6 Å². The number of nitrogens with one attached hydrogen (secondary N) is 2. The Balaban J connectivity index is 2.31. The van der Waals surface area contributed by atoms with Crippen molar-refractivity contribution in [3.05, 3.63) is 29.6 Å². The van der Waals surface area contributed by atoms with Gasteiger partial charge in [0.25, 0.3) is 0 Å². The maximum atomic E-state index is 13.0. The van der Waals surface area contributed by atoms with Gasteiger partial charge in [0.1, 0.15) is 0 Å². The van der Waals surface area contributed by atoms with Crippen molar-refractivity contribution in [2.75, 3.05) is 13.2 Å². The van der Waals surface area contributed by atoms with E-state index >= 15 is 0 Å². The summed E-state index contributed by atoms with van der Waals surface area (Å²) in [5, 5.41) is 23.0. The molecule has 0 radical (unpaired) electrons. The summed E-state index contributed by atoms with van der Waals surface area (Å²) in [5.74, 6) is -0.927. The number of carbonyl (C=O) groups is 1. The van der Waals surface area contributed by atoms with E-state index in [0.29, 0.717) is 18.5 Å². The Morgan fingerprint density at radius 3 is 2.79 bits per heavy atom. The summed E-state index contributed by atoms with van der Waals surface area (Å²) in [6.07, 6.45) is 0.628. The Hall–Kier alpha value is -1.82. The maximum Gasteiger partial charge on any atom is 0.315 e. The molecule has 0 heterocycles. The lowest BCUT2D eigenvalue weighted by Gasteiger charge is -2.12. The van der Waals surface area contributed by atoms with Gasteiger partial charge in [-0.05, 0) is 30.0 Å². The molecule has 0 aliphatic carbocycles. The predicted molar refractivity (Wildman–Crippen MR) is 69.2 cm³/mol. The van der Waals surface area contributed by atoms with Crippen LogP contribution in [0.2, 0.25) is 0 Å². The van der Waals surface area contributed by atoms with Gasteiger partial charge < -0.3 is 20.8 Å². The smallest absolute Gasteiger partial charge is 0.315 e. The molecule has 1 atom stereocenters. The molecule has 4 N–H and O–H groups in total. The van der Waals surface area contributed by atoms with E-state index in [1.807, 2.05) is 6.92 Å².